The number of carbonyl (C=O) groups excluding carboxylic acids is 1. The maximum absolute atomic E-state index is 11.9. The molecule has 0 aromatic heterocycles. The first-order chi connectivity index (χ1) is 16.6. The van der Waals surface area contributed by atoms with Crippen LogP contribution in [0.2, 0.25) is 0 Å². The predicted octanol–water partition coefficient (Wildman–Crippen LogP) is 9.45. The van der Waals surface area contributed by atoms with E-state index in [0.717, 1.165) is 48.3 Å². The topological polar surface area (TPSA) is 35.5 Å². The van der Waals surface area contributed by atoms with E-state index in [1.807, 2.05) is 19.1 Å². The first-order valence-corrected chi connectivity index (χ1v) is 13.7. The van der Waals surface area contributed by atoms with Gasteiger partial charge in [0.15, 0.2) is 0 Å². The second kappa shape index (κ2) is 17.2. The minimum absolute atomic E-state index is 0.119. The van der Waals surface area contributed by atoms with Gasteiger partial charge in [0.2, 0.25) is 0 Å². The normalized spacial score (nSPS) is 11.9. The zero-order valence-electron chi connectivity index (χ0n) is 21.8. The van der Waals surface area contributed by atoms with Crippen LogP contribution in [0.25, 0.3) is 11.1 Å². The average Bonchev–Trinajstić information content (AvgIpc) is 2.86. The molecule has 0 aliphatic carbocycles. The molecule has 0 saturated heterocycles. The molecule has 3 nitrogen and oxygen atoms in total. The molecule has 3 heteroatoms. The third-order valence-electron chi connectivity index (χ3n) is 6.38. The van der Waals surface area contributed by atoms with E-state index in [2.05, 4.69) is 50.2 Å². The molecule has 34 heavy (non-hydrogen) atoms. The largest absolute Gasteiger partial charge is 0.494 e. The summed E-state index contributed by atoms with van der Waals surface area (Å²) in [7, 11) is 0. The molecule has 1 atom stereocenters. The molecule has 0 amide bonds. The summed E-state index contributed by atoms with van der Waals surface area (Å²) < 4.78 is 11.5. The summed E-state index contributed by atoms with van der Waals surface area (Å²) >= 11 is 0. The fourth-order valence-corrected chi connectivity index (χ4v) is 4.11. The Kier molecular flexibility index (Phi) is 14.1. The lowest BCUT2D eigenvalue weighted by Gasteiger charge is -2.14. The van der Waals surface area contributed by atoms with Crippen LogP contribution in [0, 0.1) is 0 Å². The van der Waals surface area contributed by atoms with E-state index in [1.54, 1.807) is 0 Å². The molecule has 2 aromatic carbocycles. The number of ether oxygens (including phenoxy) is 2. The lowest BCUT2D eigenvalue weighted by atomic mass is 10.0. The van der Waals surface area contributed by atoms with Gasteiger partial charge in [0.1, 0.15) is 11.9 Å². The van der Waals surface area contributed by atoms with E-state index < -0.39 is 0 Å². The summed E-state index contributed by atoms with van der Waals surface area (Å²) in [6.07, 6.45) is 15.5. The molecule has 0 N–H and O–H groups in total. The number of unbranched alkanes of at least 4 members (excludes halogenated alkanes) is 10. The highest BCUT2D eigenvalue weighted by atomic mass is 16.5. The monoisotopic (exact) mass is 466 g/mol. The summed E-state index contributed by atoms with van der Waals surface area (Å²) in [6, 6.07) is 16.6. The van der Waals surface area contributed by atoms with Crippen molar-refractivity contribution in [2.24, 2.45) is 0 Å². The van der Waals surface area contributed by atoms with E-state index in [1.165, 1.54) is 57.8 Å². The number of benzene rings is 2. The van der Waals surface area contributed by atoms with Crippen LogP contribution in [0.15, 0.2) is 48.5 Å². The Morgan fingerprint density at radius 2 is 1.18 bits per heavy atom. The van der Waals surface area contributed by atoms with Gasteiger partial charge < -0.3 is 9.47 Å². The third-order valence-corrected chi connectivity index (χ3v) is 6.38. The van der Waals surface area contributed by atoms with Crippen molar-refractivity contribution < 1.29 is 14.3 Å². The Labute approximate surface area is 208 Å². The van der Waals surface area contributed by atoms with Crippen LogP contribution in [0.4, 0.5) is 0 Å². The van der Waals surface area contributed by atoms with E-state index in [4.69, 9.17) is 9.47 Å². The van der Waals surface area contributed by atoms with E-state index in [-0.39, 0.29) is 12.1 Å². The SMILES string of the molecule is CCCCCCCCCCCCOc1ccc(-c2ccc(C(C)OC(=O)CCCC)cc2)cc1. The Hall–Kier alpha value is -2.29. The van der Waals surface area contributed by atoms with E-state index in [0.29, 0.717) is 6.42 Å². The Balaban J connectivity index is 1.65. The second-order valence-electron chi connectivity index (χ2n) is 9.41. The summed E-state index contributed by atoms with van der Waals surface area (Å²) in [5.41, 5.74) is 3.32. The molecule has 0 aliphatic heterocycles. The quantitative estimate of drug-likeness (QED) is 0.162. The number of esters is 1. The van der Waals surface area contributed by atoms with Gasteiger partial charge in [-0.1, -0.05) is 114 Å². The van der Waals surface area contributed by atoms with Crippen molar-refractivity contribution in [1.29, 1.82) is 0 Å². The van der Waals surface area contributed by atoms with Gasteiger partial charge in [0.25, 0.3) is 0 Å². The summed E-state index contributed by atoms with van der Waals surface area (Å²) in [5.74, 6) is 0.815. The zero-order valence-corrected chi connectivity index (χ0v) is 21.8. The molecule has 0 aliphatic rings. The van der Waals surface area contributed by atoms with Gasteiger partial charge in [0, 0.05) is 6.42 Å². The molecule has 0 spiro atoms. The number of hydrogen-bond donors (Lipinski definition) is 0. The van der Waals surface area contributed by atoms with Gasteiger partial charge in [-0.05, 0) is 48.6 Å². The van der Waals surface area contributed by atoms with Crippen LogP contribution < -0.4 is 4.74 Å². The molecular weight excluding hydrogens is 420 g/mol. The Morgan fingerprint density at radius 1 is 0.676 bits per heavy atom. The highest BCUT2D eigenvalue weighted by molar-refractivity contribution is 5.69. The third kappa shape index (κ3) is 11.2. The highest BCUT2D eigenvalue weighted by Gasteiger charge is 2.11. The van der Waals surface area contributed by atoms with Crippen LogP contribution in [0.5, 0.6) is 5.75 Å². The van der Waals surface area contributed by atoms with E-state index in [9.17, 15) is 4.79 Å². The van der Waals surface area contributed by atoms with Crippen molar-refractivity contribution in [3.05, 3.63) is 54.1 Å². The number of rotatable bonds is 18. The van der Waals surface area contributed by atoms with Crippen molar-refractivity contribution >= 4 is 5.97 Å². The molecule has 2 aromatic rings. The molecular formula is C31H46O3. The van der Waals surface area contributed by atoms with Crippen LogP contribution in [0.3, 0.4) is 0 Å². The van der Waals surface area contributed by atoms with Crippen LogP contribution in [0.1, 0.15) is 116 Å². The minimum atomic E-state index is -0.222. The van der Waals surface area contributed by atoms with Crippen LogP contribution >= 0.6 is 0 Å². The number of hydrogen-bond acceptors (Lipinski definition) is 3. The summed E-state index contributed by atoms with van der Waals surface area (Å²) in [4.78, 5) is 11.9. The second-order valence-corrected chi connectivity index (χ2v) is 9.41. The lowest BCUT2D eigenvalue weighted by Crippen LogP contribution is -2.08. The summed E-state index contributed by atoms with van der Waals surface area (Å²) in [5, 5.41) is 0. The van der Waals surface area contributed by atoms with E-state index >= 15 is 0 Å². The molecule has 0 heterocycles. The first-order valence-electron chi connectivity index (χ1n) is 13.7. The van der Waals surface area contributed by atoms with Crippen molar-refractivity contribution in [2.45, 2.75) is 110 Å². The van der Waals surface area contributed by atoms with Crippen molar-refractivity contribution in [2.75, 3.05) is 6.61 Å². The molecule has 0 radical (unpaired) electrons. The van der Waals surface area contributed by atoms with Gasteiger partial charge in [-0.2, -0.15) is 0 Å². The zero-order chi connectivity index (χ0) is 24.4. The Bertz CT molecular complexity index is 779. The van der Waals surface area contributed by atoms with Gasteiger partial charge in [-0.25, -0.2) is 0 Å². The van der Waals surface area contributed by atoms with Crippen molar-refractivity contribution in [3.8, 4) is 16.9 Å². The van der Waals surface area contributed by atoms with Crippen LogP contribution in [-0.2, 0) is 9.53 Å². The van der Waals surface area contributed by atoms with Gasteiger partial charge >= 0.3 is 5.97 Å². The molecule has 188 valence electrons. The van der Waals surface area contributed by atoms with Crippen molar-refractivity contribution in [1.82, 2.24) is 0 Å². The fraction of sp³-hybridized carbons (Fsp3) is 0.581. The Morgan fingerprint density at radius 3 is 1.74 bits per heavy atom. The maximum atomic E-state index is 11.9. The number of carbonyl (C=O) groups is 1. The average molecular weight is 467 g/mol. The highest BCUT2D eigenvalue weighted by Crippen LogP contribution is 2.26. The molecule has 2 rings (SSSR count). The molecule has 0 bridgehead atoms. The molecule has 1 unspecified atom stereocenters. The van der Waals surface area contributed by atoms with Crippen LogP contribution in [-0.4, -0.2) is 12.6 Å². The predicted molar refractivity (Wildman–Crippen MR) is 143 cm³/mol. The smallest absolute Gasteiger partial charge is 0.306 e. The molecule has 0 saturated carbocycles. The lowest BCUT2D eigenvalue weighted by molar-refractivity contribution is -0.148. The minimum Gasteiger partial charge on any atom is -0.494 e. The fourth-order valence-electron chi connectivity index (χ4n) is 4.11. The maximum Gasteiger partial charge on any atom is 0.306 e. The van der Waals surface area contributed by atoms with Gasteiger partial charge in [-0.3, -0.25) is 4.79 Å². The first kappa shape index (κ1) is 28.0. The standard InChI is InChI=1S/C31H46O3/c1-4-6-8-9-10-11-12-13-14-15-25-33-30-23-21-29(22-24-30)28-19-17-27(18-20-28)26(3)34-31(32)16-7-5-2/h17-24,26H,4-16,25H2,1-3H3. The summed E-state index contributed by atoms with van der Waals surface area (Å²) in [6.45, 7) is 7.07. The van der Waals surface area contributed by atoms with Gasteiger partial charge in [-0.15, -0.1) is 0 Å². The molecule has 0 fully saturated rings. The van der Waals surface area contributed by atoms with Crippen molar-refractivity contribution in [3.63, 3.8) is 0 Å². The van der Waals surface area contributed by atoms with Gasteiger partial charge in [0.05, 0.1) is 6.61 Å².